The number of piperazine rings is 1. The van der Waals surface area contributed by atoms with Crippen LogP contribution in [0.5, 0.6) is 0 Å². The van der Waals surface area contributed by atoms with Crippen molar-refractivity contribution < 1.29 is 8.42 Å². The molecule has 134 valence electrons. The number of sulfone groups is 1. The van der Waals surface area contributed by atoms with Crippen molar-refractivity contribution in [2.75, 3.05) is 31.1 Å². The van der Waals surface area contributed by atoms with Gasteiger partial charge in [-0.15, -0.1) is 0 Å². The van der Waals surface area contributed by atoms with E-state index in [4.69, 9.17) is 0 Å². The van der Waals surface area contributed by atoms with Crippen LogP contribution in [0.3, 0.4) is 0 Å². The highest BCUT2D eigenvalue weighted by atomic mass is 32.2. The zero-order chi connectivity index (χ0) is 18.1. The van der Waals surface area contributed by atoms with Crippen LogP contribution in [-0.4, -0.2) is 44.6 Å². The van der Waals surface area contributed by atoms with Crippen LogP contribution < -0.4 is 10.2 Å². The Hall–Kier alpha value is -2.51. The molecular formula is C19H20N4O2S. The summed E-state index contributed by atoms with van der Waals surface area (Å²) in [6.07, 6.45) is 1.35. The van der Waals surface area contributed by atoms with E-state index in [0.717, 1.165) is 37.4 Å². The monoisotopic (exact) mass is 368 g/mol. The molecule has 0 unspecified atom stereocenters. The molecule has 2 aromatic carbocycles. The molecule has 1 N–H and O–H groups in total. The Bertz CT molecular complexity index is 1060. The van der Waals surface area contributed by atoms with E-state index >= 15 is 0 Å². The number of hydrogen-bond donors (Lipinski definition) is 1. The molecule has 1 aromatic heterocycles. The number of hydrogen-bond acceptors (Lipinski definition) is 6. The lowest BCUT2D eigenvalue weighted by Crippen LogP contribution is -2.44. The molecule has 0 radical (unpaired) electrons. The number of rotatable bonds is 3. The van der Waals surface area contributed by atoms with Gasteiger partial charge in [-0.3, -0.25) is 4.98 Å². The Morgan fingerprint density at radius 2 is 1.73 bits per heavy atom. The summed E-state index contributed by atoms with van der Waals surface area (Å²) in [5, 5.41) is 3.28. The van der Waals surface area contributed by atoms with Crippen LogP contribution in [0.4, 0.5) is 5.69 Å². The highest BCUT2D eigenvalue weighted by Crippen LogP contribution is 2.33. The molecule has 0 bridgehead atoms. The van der Waals surface area contributed by atoms with Crippen molar-refractivity contribution >= 4 is 26.6 Å². The second kappa shape index (κ2) is 6.66. The summed E-state index contributed by atoms with van der Waals surface area (Å²) in [7, 11) is -3.77. The van der Waals surface area contributed by atoms with Gasteiger partial charge < -0.3 is 10.2 Å². The minimum Gasteiger partial charge on any atom is -0.368 e. The predicted molar refractivity (Wildman–Crippen MR) is 101 cm³/mol. The molecule has 0 amide bonds. The quantitative estimate of drug-likeness (QED) is 0.764. The lowest BCUT2D eigenvalue weighted by molar-refractivity contribution is 0.577. The molecule has 0 saturated carbocycles. The standard InChI is InChI=1S/C19H20N4O2S/c1-14-5-4-8-17(19(14)23-11-9-20-10-12-23)26(24,25)18-13-21-15-6-2-3-7-16(15)22-18/h2-8,13,20H,9-12H2,1H3. The second-order valence-electron chi connectivity index (χ2n) is 6.36. The van der Waals surface area contributed by atoms with Crippen LogP contribution in [0.1, 0.15) is 5.56 Å². The van der Waals surface area contributed by atoms with E-state index in [1.54, 1.807) is 18.2 Å². The second-order valence-corrected chi connectivity index (χ2v) is 8.22. The van der Waals surface area contributed by atoms with Crippen molar-refractivity contribution in [3.8, 4) is 0 Å². The van der Waals surface area contributed by atoms with Gasteiger partial charge >= 0.3 is 0 Å². The van der Waals surface area contributed by atoms with E-state index in [2.05, 4.69) is 20.2 Å². The third-order valence-electron chi connectivity index (χ3n) is 4.63. The van der Waals surface area contributed by atoms with Crippen LogP contribution in [0.2, 0.25) is 0 Å². The lowest BCUT2D eigenvalue weighted by Gasteiger charge is -2.32. The van der Waals surface area contributed by atoms with E-state index in [0.29, 0.717) is 15.9 Å². The van der Waals surface area contributed by atoms with Gasteiger partial charge in [0, 0.05) is 26.2 Å². The number of para-hydroxylation sites is 3. The third kappa shape index (κ3) is 2.93. The maximum atomic E-state index is 13.3. The molecule has 1 aliphatic rings. The number of anilines is 1. The zero-order valence-corrected chi connectivity index (χ0v) is 15.3. The van der Waals surface area contributed by atoms with Crippen molar-refractivity contribution in [2.45, 2.75) is 16.8 Å². The molecule has 4 rings (SSSR count). The molecule has 0 spiro atoms. The number of aromatic nitrogens is 2. The van der Waals surface area contributed by atoms with Gasteiger partial charge in [-0.25, -0.2) is 13.4 Å². The Labute approximate surface area is 152 Å². The topological polar surface area (TPSA) is 75.2 Å². The largest absolute Gasteiger partial charge is 0.368 e. The maximum absolute atomic E-state index is 13.3. The SMILES string of the molecule is Cc1cccc(S(=O)(=O)c2cnc3ccccc3n2)c1N1CCNCC1. The van der Waals surface area contributed by atoms with Gasteiger partial charge in [0.25, 0.3) is 0 Å². The normalized spacial score (nSPS) is 15.3. The number of nitrogens with one attached hydrogen (secondary N) is 1. The van der Waals surface area contributed by atoms with Gasteiger partial charge in [-0.05, 0) is 30.7 Å². The highest BCUT2D eigenvalue weighted by molar-refractivity contribution is 7.91. The number of aryl methyl sites for hydroxylation is 1. The van der Waals surface area contributed by atoms with E-state index in [-0.39, 0.29) is 5.03 Å². The molecule has 1 saturated heterocycles. The van der Waals surface area contributed by atoms with Crippen LogP contribution in [0, 0.1) is 6.92 Å². The summed E-state index contributed by atoms with van der Waals surface area (Å²) >= 11 is 0. The smallest absolute Gasteiger partial charge is 0.227 e. The molecule has 26 heavy (non-hydrogen) atoms. The van der Waals surface area contributed by atoms with Gasteiger partial charge in [-0.2, -0.15) is 0 Å². The first-order chi connectivity index (χ1) is 12.6. The molecule has 1 aliphatic heterocycles. The molecule has 2 heterocycles. The zero-order valence-electron chi connectivity index (χ0n) is 14.5. The van der Waals surface area contributed by atoms with Crippen molar-refractivity contribution in [1.82, 2.24) is 15.3 Å². The highest BCUT2D eigenvalue weighted by Gasteiger charge is 2.27. The van der Waals surface area contributed by atoms with Gasteiger partial charge in [0.1, 0.15) is 0 Å². The van der Waals surface area contributed by atoms with Gasteiger partial charge in [0.2, 0.25) is 9.84 Å². The summed E-state index contributed by atoms with van der Waals surface area (Å²) in [5.41, 5.74) is 2.97. The molecule has 6 nitrogen and oxygen atoms in total. The Balaban J connectivity index is 1.86. The summed E-state index contributed by atoms with van der Waals surface area (Å²) in [4.78, 5) is 11.1. The van der Waals surface area contributed by atoms with E-state index in [1.807, 2.05) is 31.2 Å². The predicted octanol–water partition coefficient (Wildman–Crippen LogP) is 2.18. The average Bonchev–Trinajstić information content (AvgIpc) is 2.68. The van der Waals surface area contributed by atoms with Crippen molar-refractivity contribution in [3.05, 3.63) is 54.2 Å². The number of fused-ring (bicyclic) bond motifs is 1. The van der Waals surface area contributed by atoms with Gasteiger partial charge in [-0.1, -0.05) is 24.3 Å². The Morgan fingerprint density at radius 1 is 1.00 bits per heavy atom. The molecule has 3 aromatic rings. The molecule has 0 atom stereocenters. The molecular weight excluding hydrogens is 348 g/mol. The Morgan fingerprint density at radius 3 is 2.50 bits per heavy atom. The van der Waals surface area contributed by atoms with Gasteiger partial charge in [0.05, 0.1) is 27.8 Å². The van der Waals surface area contributed by atoms with Crippen LogP contribution in [-0.2, 0) is 9.84 Å². The van der Waals surface area contributed by atoms with Crippen molar-refractivity contribution in [2.24, 2.45) is 0 Å². The van der Waals surface area contributed by atoms with Crippen LogP contribution in [0.15, 0.2) is 58.6 Å². The van der Waals surface area contributed by atoms with Crippen molar-refractivity contribution in [1.29, 1.82) is 0 Å². The summed E-state index contributed by atoms with van der Waals surface area (Å²) in [6.45, 7) is 5.17. The summed E-state index contributed by atoms with van der Waals surface area (Å²) in [6, 6.07) is 12.7. The summed E-state index contributed by atoms with van der Waals surface area (Å²) in [5.74, 6) is 0. The minimum atomic E-state index is -3.77. The third-order valence-corrected chi connectivity index (χ3v) is 6.28. The fourth-order valence-corrected chi connectivity index (χ4v) is 4.76. The minimum absolute atomic E-state index is 0.0156. The number of nitrogens with zero attached hydrogens (tertiary/aromatic N) is 3. The van der Waals surface area contributed by atoms with E-state index in [9.17, 15) is 8.42 Å². The fraction of sp³-hybridized carbons (Fsp3) is 0.263. The van der Waals surface area contributed by atoms with E-state index in [1.165, 1.54) is 6.20 Å². The maximum Gasteiger partial charge on any atom is 0.227 e. The first-order valence-electron chi connectivity index (χ1n) is 8.59. The van der Waals surface area contributed by atoms with Crippen LogP contribution >= 0.6 is 0 Å². The van der Waals surface area contributed by atoms with Crippen molar-refractivity contribution in [3.63, 3.8) is 0 Å². The molecule has 1 fully saturated rings. The van der Waals surface area contributed by atoms with Crippen LogP contribution in [0.25, 0.3) is 11.0 Å². The average molecular weight is 368 g/mol. The lowest BCUT2D eigenvalue weighted by atomic mass is 10.1. The first kappa shape index (κ1) is 16.9. The molecule has 7 heteroatoms. The number of benzene rings is 2. The Kier molecular flexibility index (Phi) is 4.34. The fourth-order valence-electron chi connectivity index (χ4n) is 3.32. The first-order valence-corrected chi connectivity index (χ1v) is 10.1. The van der Waals surface area contributed by atoms with Gasteiger partial charge in [0.15, 0.2) is 5.03 Å². The molecule has 0 aliphatic carbocycles. The summed E-state index contributed by atoms with van der Waals surface area (Å²) < 4.78 is 26.7. The van der Waals surface area contributed by atoms with E-state index < -0.39 is 9.84 Å².